The van der Waals surface area contributed by atoms with Gasteiger partial charge < -0.3 is 20.7 Å². The summed E-state index contributed by atoms with van der Waals surface area (Å²) in [5.74, 6) is -4.13. The number of benzene rings is 2. The summed E-state index contributed by atoms with van der Waals surface area (Å²) in [6, 6.07) is 14.9. The Labute approximate surface area is 170 Å². The highest BCUT2D eigenvalue weighted by molar-refractivity contribution is 5.94. The van der Waals surface area contributed by atoms with Gasteiger partial charge in [-0.05, 0) is 34.6 Å². The van der Waals surface area contributed by atoms with Gasteiger partial charge in [0.05, 0.1) is 6.10 Å². The molecule has 0 spiro atoms. The Hall–Kier alpha value is -2.70. The summed E-state index contributed by atoms with van der Waals surface area (Å²) in [4.78, 5) is 24.2. The Bertz CT molecular complexity index is 849. The molecule has 0 heterocycles. The minimum Gasteiger partial charge on any atom is -0.481 e. The monoisotopic (exact) mass is 397 g/mol. The van der Waals surface area contributed by atoms with Crippen LogP contribution in [0.3, 0.4) is 0 Å². The summed E-state index contributed by atoms with van der Waals surface area (Å²) >= 11 is 0. The smallest absolute Gasteiger partial charge is 0.323 e. The van der Waals surface area contributed by atoms with Gasteiger partial charge in [-0.3, -0.25) is 9.59 Å². The fraction of sp³-hybridized carbons (Fsp3) is 0.391. The molecule has 29 heavy (non-hydrogen) atoms. The van der Waals surface area contributed by atoms with Crippen molar-refractivity contribution in [2.24, 2.45) is 17.6 Å². The maximum atomic E-state index is 12.6. The second kappa shape index (κ2) is 8.76. The fourth-order valence-electron chi connectivity index (χ4n) is 4.01. The van der Waals surface area contributed by atoms with Crippen molar-refractivity contribution in [3.8, 4) is 11.1 Å². The van der Waals surface area contributed by atoms with E-state index in [1.54, 1.807) is 0 Å². The maximum absolute atomic E-state index is 12.6. The Morgan fingerprint density at radius 1 is 1.03 bits per heavy atom. The number of fused-ring (bicyclic) bond motifs is 3. The molecule has 4 N–H and O–H groups in total. The first-order valence-corrected chi connectivity index (χ1v) is 9.82. The van der Waals surface area contributed by atoms with Gasteiger partial charge in [-0.25, -0.2) is 0 Å². The predicted molar refractivity (Wildman–Crippen MR) is 109 cm³/mol. The average Bonchev–Trinajstić information content (AvgIpc) is 2.99. The Balaban J connectivity index is 1.76. The molecule has 1 aliphatic rings. The molecule has 3 rings (SSSR count). The number of ether oxygens (including phenoxy) is 1. The highest BCUT2D eigenvalue weighted by atomic mass is 16.5. The van der Waals surface area contributed by atoms with Crippen LogP contribution in [0.2, 0.25) is 0 Å². The van der Waals surface area contributed by atoms with Gasteiger partial charge in [0.1, 0.15) is 6.61 Å². The normalized spacial score (nSPS) is 16.0. The van der Waals surface area contributed by atoms with Crippen molar-refractivity contribution in [3.63, 3.8) is 0 Å². The van der Waals surface area contributed by atoms with Crippen LogP contribution in [-0.2, 0) is 14.3 Å². The van der Waals surface area contributed by atoms with E-state index in [0.29, 0.717) is 6.42 Å². The largest absolute Gasteiger partial charge is 0.481 e. The van der Waals surface area contributed by atoms with Crippen LogP contribution in [0.25, 0.3) is 11.1 Å². The molecule has 0 aromatic heterocycles. The van der Waals surface area contributed by atoms with Crippen molar-refractivity contribution in [2.45, 2.75) is 38.3 Å². The third-order valence-electron chi connectivity index (χ3n) is 5.40. The van der Waals surface area contributed by atoms with Crippen LogP contribution in [0.4, 0.5) is 0 Å². The number of carbonyl (C=O) groups excluding carboxylic acids is 1. The molecular formula is C23H27NO5. The first-order chi connectivity index (χ1) is 13.8. The molecule has 0 bridgehead atoms. The molecule has 6 nitrogen and oxygen atoms in total. The highest BCUT2D eigenvalue weighted by Crippen LogP contribution is 2.44. The van der Waals surface area contributed by atoms with E-state index in [1.165, 1.54) is 0 Å². The molecule has 0 aliphatic heterocycles. The predicted octanol–water partition coefficient (Wildman–Crippen LogP) is 2.78. The minimum atomic E-state index is -1.71. The summed E-state index contributed by atoms with van der Waals surface area (Å²) in [7, 11) is 0. The molecule has 6 heteroatoms. The molecule has 1 aliphatic carbocycles. The molecular weight excluding hydrogens is 370 g/mol. The summed E-state index contributed by atoms with van der Waals surface area (Å²) in [6.07, 6.45) is -1.10. The number of rotatable bonds is 8. The molecule has 3 atom stereocenters. The van der Waals surface area contributed by atoms with Gasteiger partial charge >= 0.3 is 11.9 Å². The first kappa shape index (κ1) is 21.0. The molecule has 0 fully saturated rings. The van der Waals surface area contributed by atoms with E-state index in [4.69, 9.17) is 10.5 Å². The number of aliphatic hydroxyl groups excluding tert-OH is 1. The molecule has 0 saturated carbocycles. The van der Waals surface area contributed by atoms with Crippen LogP contribution in [0.15, 0.2) is 48.5 Å². The van der Waals surface area contributed by atoms with Gasteiger partial charge in [0, 0.05) is 12.0 Å². The van der Waals surface area contributed by atoms with Crippen LogP contribution in [0.1, 0.15) is 37.3 Å². The Kier molecular flexibility index (Phi) is 6.35. The van der Waals surface area contributed by atoms with Crippen molar-refractivity contribution < 1.29 is 24.5 Å². The van der Waals surface area contributed by atoms with E-state index < -0.39 is 30.0 Å². The molecule has 154 valence electrons. The number of hydrogen-bond donors (Lipinski definition) is 3. The summed E-state index contributed by atoms with van der Waals surface area (Å²) < 4.78 is 5.40. The second-order valence-electron chi connectivity index (χ2n) is 7.96. The van der Waals surface area contributed by atoms with Gasteiger partial charge in [0.25, 0.3) is 0 Å². The number of nitrogens with two attached hydrogens (primary N) is 1. The Morgan fingerprint density at radius 3 is 2.03 bits per heavy atom. The van der Waals surface area contributed by atoms with Crippen molar-refractivity contribution in [2.75, 3.05) is 6.61 Å². The van der Waals surface area contributed by atoms with Gasteiger partial charge in [0.15, 0.2) is 5.92 Å². The topological polar surface area (TPSA) is 110 Å². The van der Waals surface area contributed by atoms with Crippen molar-refractivity contribution in [1.82, 2.24) is 0 Å². The lowest BCUT2D eigenvalue weighted by Crippen LogP contribution is -2.47. The fourth-order valence-corrected chi connectivity index (χ4v) is 4.01. The molecule has 1 unspecified atom stereocenters. The zero-order valence-electron chi connectivity index (χ0n) is 16.6. The van der Waals surface area contributed by atoms with Gasteiger partial charge in [0.2, 0.25) is 0 Å². The number of aliphatic carboxylic acids is 1. The Morgan fingerprint density at radius 2 is 1.55 bits per heavy atom. The number of hydrogen-bond acceptors (Lipinski definition) is 5. The SMILES string of the molecule is CC(C)C[C@@H](N)[C@H](O)C(C(=O)O)C(=O)OCC1c2ccccc2-c2ccccc21. The minimum absolute atomic E-state index is 0.00276. The van der Waals surface area contributed by atoms with Gasteiger partial charge in [-0.2, -0.15) is 0 Å². The van der Waals surface area contributed by atoms with Crippen LogP contribution < -0.4 is 5.73 Å². The zero-order chi connectivity index (χ0) is 21.1. The van der Waals surface area contributed by atoms with Gasteiger partial charge in [-0.1, -0.05) is 62.4 Å². The van der Waals surface area contributed by atoms with Crippen LogP contribution in [0, 0.1) is 11.8 Å². The summed E-state index contributed by atoms with van der Waals surface area (Å²) in [5.41, 5.74) is 10.1. The van der Waals surface area contributed by atoms with E-state index in [9.17, 15) is 19.8 Å². The highest BCUT2D eigenvalue weighted by Gasteiger charge is 2.39. The van der Waals surface area contributed by atoms with E-state index in [-0.39, 0.29) is 18.4 Å². The van der Waals surface area contributed by atoms with E-state index in [0.717, 1.165) is 22.3 Å². The third-order valence-corrected chi connectivity index (χ3v) is 5.40. The number of esters is 1. The molecule has 0 saturated heterocycles. The average molecular weight is 397 g/mol. The first-order valence-electron chi connectivity index (χ1n) is 9.82. The standard InChI is InChI=1S/C23H27NO5/c1-13(2)11-19(24)21(25)20(22(26)27)23(28)29-12-18-16-9-5-3-7-14(16)15-8-4-6-10-17(15)18/h3-10,13,18-21,25H,11-12,24H2,1-2H3,(H,26,27)/t19-,20?,21+/m1/s1. The zero-order valence-corrected chi connectivity index (χ0v) is 16.6. The van der Waals surface area contributed by atoms with Crippen LogP contribution in [0.5, 0.6) is 0 Å². The lowest BCUT2D eigenvalue weighted by molar-refractivity contribution is -0.165. The molecule has 0 radical (unpaired) electrons. The number of carboxylic acid groups (broad SMARTS) is 1. The lowest BCUT2D eigenvalue weighted by Gasteiger charge is -2.25. The van der Waals surface area contributed by atoms with Crippen LogP contribution >= 0.6 is 0 Å². The second-order valence-corrected chi connectivity index (χ2v) is 7.96. The molecule has 2 aromatic carbocycles. The summed E-state index contributed by atoms with van der Waals surface area (Å²) in [5, 5.41) is 19.9. The lowest BCUT2D eigenvalue weighted by atomic mass is 9.91. The molecule has 2 aromatic rings. The number of carbonyl (C=O) groups is 2. The number of carboxylic acids is 1. The van der Waals surface area contributed by atoms with Crippen molar-refractivity contribution >= 4 is 11.9 Å². The van der Waals surface area contributed by atoms with E-state index in [1.807, 2.05) is 62.4 Å². The molecule has 0 amide bonds. The number of aliphatic hydroxyl groups is 1. The summed E-state index contributed by atoms with van der Waals surface area (Å²) in [6.45, 7) is 3.83. The van der Waals surface area contributed by atoms with Gasteiger partial charge in [-0.15, -0.1) is 0 Å². The van der Waals surface area contributed by atoms with E-state index >= 15 is 0 Å². The van der Waals surface area contributed by atoms with E-state index in [2.05, 4.69) is 0 Å². The van der Waals surface area contributed by atoms with Crippen LogP contribution in [-0.4, -0.2) is 40.9 Å². The van der Waals surface area contributed by atoms with Crippen molar-refractivity contribution in [1.29, 1.82) is 0 Å². The van der Waals surface area contributed by atoms with Crippen molar-refractivity contribution in [3.05, 3.63) is 59.7 Å². The quantitative estimate of drug-likeness (QED) is 0.467. The maximum Gasteiger partial charge on any atom is 0.323 e. The third kappa shape index (κ3) is 4.33.